The monoisotopic (exact) mass is 215 g/mol. The van der Waals surface area contributed by atoms with Crippen molar-refractivity contribution < 1.29 is 8.68 Å². The van der Waals surface area contributed by atoms with Crippen LogP contribution in [-0.4, -0.2) is 0 Å². The van der Waals surface area contributed by atoms with Crippen molar-refractivity contribution in [3.63, 3.8) is 0 Å². The van der Waals surface area contributed by atoms with Gasteiger partial charge in [0.15, 0.2) is 6.17 Å². The number of hydrogen-bond donors (Lipinski definition) is 0. The fourth-order valence-electron chi connectivity index (χ4n) is 2.03. The quantitative estimate of drug-likeness (QED) is 0.644. The molecule has 0 amide bonds. The van der Waals surface area contributed by atoms with Gasteiger partial charge in [-0.1, -0.05) is 17.7 Å². The molecule has 1 heterocycles. The highest BCUT2D eigenvalue weighted by Gasteiger charge is 2.14. The lowest BCUT2D eigenvalue weighted by Crippen LogP contribution is -2.31. The van der Waals surface area contributed by atoms with Crippen LogP contribution in [0.15, 0.2) is 36.5 Å². The van der Waals surface area contributed by atoms with Gasteiger partial charge in [0.1, 0.15) is 8.42 Å². The molecular formula is C15H18N+. The summed E-state index contributed by atoms with van der Waals surface area (Å²) in [7, 11) is 1.78. The van der Waals surface area contributed by atoms with Crippen molar-refractivity contribution in [2.75, 3.05) is 0 Å². The molecule has 0 saturated heterocycles. The molecule has 0 aliphatic rings. The number of pyridine rings is 1. The SMILES string of the molecule is [2H]c1c([2H])c([2H])[n+](C)c(-c2ccc(C)cc2C)c1C. The van der Waals surface area contributed by atoms with E-state index in [2.05, 4.69) is 6.07 Å². The van der Waals surface area contributed by atoms with Crippen LogP contribution in [0.3, 0.4) is 0 Å². The second-order valence-electron chi connectivity index (χ2n) is 4.21. The van der Waals surface area contributed by atoms with Crippen LogP contribution in [0.25, 0.3) is 11.3 Å². The van der Waals surface area contributed by atoms with Crippen molar-refractivity contribution in [3.8, 4) is 11.3 Å². The maximum atomic E-state index is 7.96. The molecule has 0 fully saturated rings. The predicted molar refractivity (Wildman–Crippen MR) is 67.3 cm³/mol. The molecule has 1 aromatic carbocycles. The normalized spacial score (nSPS) is 13.1. The van der Waals surface area contributed by atoms with Gasteiger partial charge in [0.2, 0.25) is 5.69 Å². The van der Waals surface area contributed by atoms with Gasteiger partial charge in [0.05, 0.1) is 2.74 Å². The molecule has 1 nitrogen and oxygen atoms in total. The van der Waals surface area contributed by atoms with Crippen molar-refractivity contribution in [1.82, 2.24) is 0 Å². The van der Waals surface area contributed by atoms with Gasteiger partial charge in [-0.25, -0.2) is 4.57 Å². The van der Waals surface area contributed by atoms with Gasteiger partial charge < -0.3 is 0 Å². The van der Waals surface area contributed by atoms with E-state index >= 15 is 0 Å². The molecule has 2 rings (SSSR count). The average molecular weight is 215 g/mol. The highest BCUT2D eigenvalue weighted by Crippen LogP contribution is 2.23. The van der Waals surface area contributed by atoms with Gasteiger partial charge in [-0.05, 0) is 38.4 Å². The molecule has 1 heteroatoms. The van der Waals surface area contributed by atoms with Gasteiger partial charge >= 0.3 is 0 Å². The summed E-state index contributed by atoms with van der Waals surface area (Å²) in [6.45, 7) is 5.92. The average Bonchev–Trinajstić information content (AvgIpc) is 2.37. The molecule has 0 aliphatic heterocycles. The molecule has 1 aromatic heterocycles. The minimum atomic E-state index is -0.0199. The Morgan fingerprint density at radius 3 is 2.56 bits per heavy atom. The molecule has 0 radical (unpaired) electrons. The predicted octanol–water partition coefficient (Wildman–Crippen LogP) is 3.10. The molecule has 0 saturated carbocycles. The Morgan fingerprint density at radius 1 is 1.12 bits per heavy atom. The molecule has 0 N–H and O–H groups in total. The second kappa shape index (κ2) is 4.09. The maximum absolute atomic E-state index is 7.96. The van der Waals surface area contributed by atoms with Crippen molar-refractivity contribution in [3.05, 3.63) is 53.1 Å². The summed E-state index contributed by atoms with van der Waals surface area (Å²) in [5.41, 5.74) is 4.93. The van der Waals surface area contributed by atoms with Gasteiger partial charge in [0, 0.05) is 17.2 Å². The smallest absolute Gasteiger partial charge is 0.201 e. The van der Waals surface area contributed by atoms with E-state index in [9.17, 15) is 0 Å². The van der Waals surface area contributed by atoms with E-state index in [1.807, 2.05) is 32.9 Å². The third kappa shape index (κ3) is 1.85. The summed E-state index contributed by atoms with van der Waals surface area (Å²) in [4.78, 5) is 0. The Kier molecular flexibility index (Phi) is 1.95. The topological polar surface area (TPSA) is 3.88 Å². The lowest BCUT2D eigenvalue weighted by molar-refractivity contribution is -0.660. The Balaban J connectivity index is 2.83. The van der Waals surface area contributed by atoms with Crippen LogP contribution in [0.1, 0.15) is 20.8 Å². The first-order valence-electron chi connectivity index (χ1n) is 6.88. The number of aryl methyl sites for hydroxylation is 2. The fraction of sp³-hybridized carbons (Fsp3) is 0.267. The molecule has 2 aromatic rings. The van der Waals surface area contributed by atoms with Crippen molar-refractivity contribution in [2.24, 2.45) is 7.05 Å². The first-order chi connectivity index (χ1) is 8.84. The second-order valence-corrected chi connectivity index (χ2v) is 4.21. The van der Waals surface area contributed by atoms with Crippen molar-refractivity contribution >= 4 is 0 Å². The van der Waals surface area contributed by atoms with Crippen LogP contribution in [0.5, 0.6) is 0 Å². The zero-order valence-corrected chi connectivity index (χ0v) is 10.2. The summed E-state index contributed by atoms with van der Waals surface area (Å²) in [5, 5.41) is 0. The largest absolute Gasteiger partial charge is 0.215 e. The molecule has 16 heavy (non-hydrogen) atoms. The Hall–Kier alpha value is -1.63. The molecule has 0 atom stereocenters. The summed E-state index contributed by atoms with van der Waals surface area (Å²) < 4.78 is 25.4. The van der Waals surface area contributed by atoms with E-state index in [-0.39, 0.29) is 18.3 Å². The Morgan fingerprint density at radius 2 is 1.88 bits per heavy atom. The molecule has 82 valence electrons. The number of hydrogen-bond acceptors (Lipinski definition) is 0. The first-order valence-corrected chi connectivity index (χ1v) is 5.38. The first kappa shape index (κ1) is 7.61. The lowest BCUT2D eigenvalue weighted by atomic mass is 9.99. The van der Waals surface area contributed by atoms with E-state index in [1.165, 1.54) is 5.56 Å². The minimum Gasteiger partial charge on any atom is -0.201 e. The number of rotatable bonds is 1. The van der Waals surface area contributed by atoms with E-state index in [0.717, 1.165) is 22.4 Å². The third-order valence-corrected chi connectivity index (χ3v) is 2.80. The fourth-order valence-corrected chi connectivity index (χ4v) is 2.03. The Bertz CT molecular complexity index is 634. The molecule has 0 bridgehead atoms. The number of aromatic nitrogens is 1. The molecular weight excluding hydrogens is 194 g/mol. The van der Waals surface area contributed by atoms with Crippen LogP contribution in [0.4, 0.5) is 0 Å². The van der Waals surface area contributed by atoms with E-state index in [4.69, 9.17) is 4.11 Å². The van der Waals surface area contributed by atoms with Gasteiger partial charge in [-0.2, -0.15) is 0 Å². The van der Waals surface area contributed by atoms with Crippen LogP contribution in [0, 0.1) is 20.8 Å². The zero-order valence-electron chi connectivity index (χ0n) is 13.2. The van der Waals surface area contributed by atoms with Crippen LogP contribution < -0.4 is 4.57 Å². The van der Waals surface area contributed by atoms with Crippen LogP contribution >= 0.6 is 0 Å². The lowest BCUT2D eigenvalue weighted by Gasteiger charge is -2.07. The standard InChI is InChI=1S/C15H18N/c1-11-7-8-14(13(3)10-11)15-12(2)6-5-9-16(15)4/h5-10H,1-4H3/q+1/i5D,6D,9D. The summed E-state index contributed by atoms with van der Waals surface area (Å²) in [6, 6.07) is 6.27. The van der Waals surface area contributed by atoms with Crippen molar-refractivity contribution in [2.45, 2.75) is 20.8 Å². The van der Waals surface area contributed by atoms with Crippen LogP contribution in [-0.2, 0) is 7.05 Å². The number of benzene rings is 1. The van der Waals surface area contributed by atoms with Crippen molar-refractivity contribution in [1.29, 1.82) is 0 Å². The summed E-state index contributed by atoms with van der Waals surface area (Å²) in [5.74, 6) is 0. The van der Waals surface area contributed by atoms with Gasteiger partial charge in [0.25, 0.3) is 0 Å². The maximum Gasteiger partial charge on any atom is 0.215 e. The summed E-state index contributed by atoms with van der Waals surface area (Å²) in [6.07, 6.45) is 0.0746. The molecule has 0 unspecified atom stereocenters. The Labute approximate surface area is 102 Å². The van der Waals surface area contributed by atoms with E-state index in [0.29, 0.717) is 0 Å². The highest BCUT2D eigenvalue weighted by atomic mass is 14.9. The molecule has 0 spiro atoms. The van der Waals surface area contributed by atoms with Crippen LogP contribution in [0.2, 0.25) is 0 Å². The van der Waals surface area contributed by atoms with E-state index < -0.39 is 0 Å². The van der Waals surface area contributed by atoms with Gasteiger partial charge in [-0.3, -0.25) is 0 Å². The zero-order chi connectivity index (χ0) is 14.3. The third-order valence-electron chi connectivity index (χ3n) is 2.80. The summed E-state index contributed by atoms with van der Waals surface area (Å²) >= 11 is 0. The number of nitrogens with zero attached hydrogens (tertiary/aromatic N) is 1. The van der Waals surface area contributed by atoms with E-state index in [1.54, 1.807) is 11.6 Å². The highest BCUT2D eigenvalue weighted by molar-refractivity contribution is 5.64. The molecule has 0 aliphatic carbocycles. The van der Waals surface area contributed by atoms with Gasteiger partial charge in [-0.15, -0.1) is 0 Å². The minimum absolute atomic E-state index is 0.0199.